The second-order valence-electron chi connectivity index (χ2n) is 6.33. The molecule has 5 heteroatoms. The molecule has 0 amide bonds. The van der Waals surface area contributed by atoms with Crippen molar-refractivity contribution >= 4 is 28.1 Å². The number of aromatic nitrogens is 3. The molecule has 1 aliphatic carbocycles. The fourth-order valence-electron chi connectivity index (χ4n) is 3.39. The molecule has 4 rings (SSSR count). The van der Waals surface area contributed by atoms with Crippen molar-refractivity contribution in [3.63, 3.8) is 0 Å². The molecule has 0 unspecified atom stereocenters. The van der Waals surface area contributed by atoms with Crippen molar-refractivity contribution in [1.82, 2.24) is 15.0 Å². The van der Waals surface area contributed by atoms with Crippen LogP contribution in [-0.4, -0.2) is 21.0 Å². The standard InChI is InChI=1S/C18H20N4S/c1-12-4-2-3-5-15(12)22-18-14-8-13(17-9-19-11-23-17)6-7-16(14)20-10-21-18/h6-12,15H,2-5H2,1H3,(H,20,21,22)/t12-,15+/m1/s1. The Kier molecular flexibility index (Phi) is 3.95. The molecule has 0 spiro atoms. The predicted octanol–water partition coefficient (Wildman–Crippen LogP) is 4.74. The number of hydrogen-bond donors (Lipinski definition) is 1. The molecule has 0 radical (unpaired) electrons. The van der Waals surface area contributed by atoms with Crippen LogP contribution in [0.4, 0.5) is 5.82 Å². The van der Waals surface area contributed by atoms with Gasteiger partial charge in [-0.15, -0.1) is 11.3 Å². The molecule has 1 saturated carbocycles. The minimum Gasteiger partial charge on any atom is -0.366 e. The molecule has 2 atom stereocenters. The van der Waals surface area contributed by atoms with E-state index < -0.39 is 0 Å². The number of benzene rings is 1. The van der Waals surface area contributed by atoms with E-state index in [-0.39, 0.29) is 0 Å². The number of thiazole rings is 1. The number of rotatable bonds is 3. The Hall–Kier alpha value is -2.01. The Morgan fingerprint density at radius 3 is 2.91 bits per heavy atom. The van der Waals surface area contributed by atoms with E-state index in [0.717, 1.165) is 16.7 Å². The first-order chi connectivity index (χ1) is 11.3. The van der Waals surface area contributed by atoms with Crippen LogP contribution >= 0.6 is 11.3 Å². The summed E-state index contributed by atoms with van der Waals surface area (Å²) in [7, 11) is 0. The third-order valence-electron chi connectivity index (χ3n) is 4.79. The molecule has 0 saturated heterocycles. The molecule has 0 bridgehead atoms. The summed E-state index contributed by atoms with van der Waals surface area (Å²) in [6.45, 7) is 2.34. The largest absolute Gasteiger partial charge is 0.366 e. The molecule has 1 fully saturated rings. The first-order valence-electron chi connectivity index (χ1n) is 8.21. The number of hydrogen-bond acceptors (Lipinski definition) is 5. The van der Waals surface area contributed by atoms with E-state index in [9.17, 15) is 0 Å². The van der Waals surface area contributed by atoms with Crippen LogP contribution in [0.2, 0.25) is 0 Å². The van der Waals surface area contributed by atoms with Crippen molar-refractivity contribution in [1.29, 1.82) is 0 Å². The first-order valence-corrected chi connectivity index (χ1v) is 9.09. The van der Waals surface area contributed by atoms with Crippen molar-refractivity contribution < 1.29 is 0 Å². The van der Waals surface area contributed by atoms with Crippen molar-refractivity contribution in [2.24, 2.45) is 5.92 Å². The van der Waals surface area contributed by atoms with Crippen LogP contribution in [0, 0.1) is 5.92 Å². The highest BCUT2D eigenvalue weighted by Gasteiger charge is 2.22. The Labute approximate surface area is 140 Å². The molecular weight excluding hydrogens is 304 g/mol. The molecule has 1 aliphatic rings. The summed E-state index contributed by atoms with van der Waals surface area (Å²) in [5, 5.41) is 4.78. The van der Waals surface area contributed by atoms with Gasteiger partial charge in [0, 0.05) is 17.6 Å². The number of fused-ring (bicyclic) bond motifs is 1. The smallest absolute Gasteiger partial charge is 0.137 e. The zero-order valence-corrected chi connectivity index (χ0v) is 14.0. The minimum atomic E-state index is 0.508. The third kappa shape index (κ3) is 2.93. The second-order valence-corrected chi connectivity index (χ2v) is 7.22. The van der Waals surface area contributed by atoms with Gasteiger partial charge in [0.05, 0.1) is 15.9 Å². The Bertz CT molecular complexity index is 800. The van der Waals surface area contributed by atoms with Crippen LogP contribution in [0.15, 0.2) is 36.2 Å². The van der Waals surface area contributed by atoms with Gasteiger partial charge < -0.3 is 5.32 Å². The van der Waals surface area contributed by atoms with Crippen LogP contribution in [0.25, 0.3) is 21.3 Å². The van der Waals surface area contributed by atoms with Gasteiger partial charge in [-0.25, -0.2) is 9.97 Å². The zero-order chi connectivity index (χ0) is 15.6. The first kappa shape index (κ1) is 14.6. The Balaban J connectivity index is 1.72. The van der Waals surface area contributed by atoms with Crippen LogP contribution in [0.3, 0.4) is 0 Å². The van der Waals surface area contributed by atoms with E-state index in [2.05, 4.69) is 45.4 Å². The van der Waals surface area contributed by atoms with Crippen molar-refractivity contribution in [3.05, 3.63) is 36.2 Å². The van der Waals surface area contributed by atoms with Crippen LogP contribution in [0.1, 0.15) is 32.6 Å². The lowest BCUT2D eigenvalue weighted by Gasteiger charge is -2.30. The maximum atomic E-state index is 4.52. The predicted molar refractivity (Wildman–Crippen MR) is 95.7 cm³/mol. The van der Waals surface area contributed by atoms with Gasteiger partial charge in [-0.1, -0.05) is 25.8 Å². The average Bonchev–Trinajstić information content (AvgIpc) is 3.11. The van der Waals surface area contributed by atoms with Crippen LogP contribution in [-0.2, 0) is 0 Å². The highest BCUT2D eigenvalue weighted by Crippen LogP contribution is 2.31. The maximum Gasteiger partial charge on any atom is 0.137 e. The minimum absolute atomic E-state index is 0.508. The lowest BCUT2D eigenvalue weighted by Crippen LogP contribution is -2.30. The molecule has 1 aromatic carbocycles. The Morgan fingerprint density at radius 2 is 2.09 bits per heavy atom. The van der Waals surface area contributed by atoms with E-state index in [0.29, 0.717) is 12.0 Å². The summed E-state index contributed by atoms with van der Waals surface area (Å²) in [6, 6.07) is 6.87. The van der Waals surface area contributed by atoms with Gasteiger partial charge in [-0.05, 0) is 36.5 Å². The van der Waals surface area contributed by atoms with E-state index in [1.54, 1.807) is 17.7 Å². The van der Waals surface area contributed by atoms with Crippen LogP contribution in [0.5, 0.6) is 0 Å². The van der Waals surface area contributed by atoms with E-state index in [1.807, 2.05) is 11.7 Å². The third-order valence-corrected chi connectivity index (χ3v) is 5.61. The SMILES string of the molecule is C[C@@H]1CCCC[C@@H]1Nc1ncnc2ccc(-c3cncs3)cc12. The quantitative estimate of drug-likeness (QED) is 0.756. The van der Waals surface area contributed by atoms with Gasteiger partial charge in [-0.2, -0.15) is 0 Å². The van der Waals surface area contributed by atoms with E-state index >= 15 is 0 Å². The van der Waals surface area contributed by atoms with Crippen molar-refractivity contribution in [2.45, 2.75) is 38.6 Å². The number of anilines is 1. The molecule has 3 aromatic rings. The van der Waals surface area contributed by atoms with Gasteiger partial charge in [-0.3, -0.25) is 4.98 Å². The molecule has 0 aliphatic heterocycles. The fraction of sp³-hybridized carbons (Fsp3) is 0.389. The van der Waals surface area contributed by atoms with Crippen molar-refractivity contribution in [2.75, 3.05) is 5.32 Å². The summed E-state index contributed by atoms with van der Waals surface area (Å²) in [5.41, 5.74) is 4.03. The normalized spacial score (nSPS) is 21.4. The lowest BCUT2D eigenvalue weighted by atomic mass is 9.86. The summed E-state index contributed by atoms with van der Waals surface area (Å²) in [5.74, 6) is 1.65. The monoisotopic (exact) mass is 324 g/mol. The summed E-state index contributed by atoms with van der Waals surface area (Å²) in [4.78, 5) is 14.3. The molecule has 2 aromatic heterocycles. The summed E-state index contributed by atoms with van der Waals surface area (Å²) < 4.78 is 0. The highest BCUT2D eigenvalue weighted by molar-refractivity contribution is 7.13. The maximum absolute atomic E-state index is 4.52. The molecule has 4 nitrogen and oxygen atoms in total. The number of nitrogens with one attached hydrogen (secondary N) is 1. The average molecular weight is 324 g/mol. The molecule has 23 heavy (non-hydrogen) atoms. The van der Waals surface area contributed by atoms with E-state index in [1.165, 1.54) is 36.1 Å². The molecule has 2 heterocycles. The molecular formula is C18H20N4S. The lowest BCUT2D eigenvalue weighted by molar-refractivity contribution is 0.349. The van der Waals surface area contributed by atoms with Gasteiger partial charge in [0.2, 0.25) is 0 Å². The Morgan fingerprint density at radius 1 is 1.17 bits per heavy atom. The van der Waals surface area contributed by atoms with Gasteiger partial charge in [0.25, 0.3) is 0 Å². The molecule has 118 valence electrons. The van der Waals surface area contributed by atoms with Crippen LogP contribution < -0.4 is 5.32 Å². The molecule has 1 N–H and O–H groups in total. The van der Waals surface area contributed by atoms with Gasteiger partial charge in [0.15, 0.2) is 0 Å². The van der Waals surface area contributed by atoms with Crippen molar-refractivity contribution in [3.8, 4) is 10.4 Å². The topological polar surface area (TPSA) is 50.7 Å². The van der Waals surface area contributed by atoms with E-state index in [4.69, 9.17) is 0 Å². The summed E-state index contributed by atoms with van der Waals surface area (Å²) in [6.07, 6.45) is 8.74. The van der Waals surface area contributed by atoms with Gasteiger partial charge in [0.1, 0.15) is 12.1 Å². The highest BCUT2D eigenvalue weighted by atomic mass is 32.1. The number of nitrogens with zero attached hydrogens (tertiary/aromatic N) is 3. The fourth-order valence-corrected chi connectivity index (χ4v) is 4.01. The summed E-state index contributed by atoms with van der Waals surface area (Å²) >= 11 is 1.65. The second kappa shape index (κ2) is 6.24. The van der Waals surface area contributed by atoms with Gasteiger partial charge >= 0.3 is 0 Å². The zero-order valence-electron chi connectivity index (χ0n) is 13.2.